The third-order valence-corrected chi connectivity index (χ3v) is 4.36. The monoisotopic (exact) mass is 348 g/mol. The van der Waals surface area contributed by atoms with Gasteiger partial charge in [-0.15, -0.1) is 0 Å². The van der Waals surface area contributed by atoms with Crippen LogP contribution in [0.2, 0.25) is 5.02 Å². The Morgan fingerprint density at radius 2 is 2.00 bits per heavy atom. The van der Waals surface area contributed by atoms with Crippen LogP contribution in [-0.2, 0) is 0 Å². The van der Waals surface area contributed by atoms with Crippen LogP contribution in [0.5, 0.6) is 5.75 Å². The topological polar surface area (TPSA) is 79.5 Å². The van der Waals surface area contributed by atoms with Crippen LogP contribution in [0.15, 0.2) is 24.4 Å². The zero-order valence-corrected chi connectivity index (χ0v) is 14.5. The number of anilines is 4. The van der Waals surface area contributed by atoms with Gasteiger partial charge in [0.15, 0.2) is 0 Å². The molecule has 0 radical (unpaired) electrons. The maximum Gasteiger partial charge on any atom is 0.229 e. The number of ether oxygens (including phenoxy) is 1. The van der Waals surface area contributed by atoms with Crippen molar-refractivity contribution >= 4 is 34.7 Å². The van der Waals surface area contributed by atoms with Crippen LogP contribution in [0.4, 0.5) is 23.1 Å². The number of nitrogens with two attached hydrogens (primary N) is 1. The van der Waals surface area contributed by atoms with Crippen molar-refractivity contribution < 1.29 is 4.74 Å². The first-order valence-electron chi connectivity index (χ1n) is 7.73. The summed E-state index contributed by atoms with van der Waals surface area (Å²) in [5, 5.41) is 3.49. The van der Waals surface area contributed by atoms with Gasteiger partial charge in [0.25, 0.3) is 0 Å². The van der Waals surface area contributed by atoms with E-state index >= 15 is 0 Å². The number of methoxy groups -OCH3 is 1. The minimum Gasteiger partial charge on any atom is -0.495 e. The summed E-state index contributed by atoms with van der Waals surface area (Å²) in [4.78, 5) is 13.0. The van der Waals surface area contributed by atoms with Gasteiger partial charge in [0.1, 0.15) is 16.6 Å². The smallest absolute Gasteiger partial charge is 0.229 e. The molecule has 24 heavy (non-hydrogen) atoms. The molecule has 0 aliphatic carbocycles. The average Bonchev–Trinajstić information content (AvgIpc) is 2.59. The van der Waals surface area contributed by atoms with Gasteiger partial charge >= 0.3 is 0 Å². The van der Waals surface area contributed by atoms with Crippen molar-refractivity contribution in [1.82, 2.24) is 14.9 Å². The lowest BCUT2D eigenvalue weighted by atomic mass is 10.2. The molecule has 1 aliphatic rings. The highest BCUT2D eigenvalue weighted by Gasteiger charge is 2.16. The number of benzene rings is 1. The number of halogens is 1. The minimum absolute atomic E-state index is 0.239. The van der Waals surface area contributed by atoms with Crippen LogP contribution in [0, 0.1) is 0 Å². The van der Waals surface area contributed by atoms with Crippen LogP contribution >= 0.6 is 11.6 Å². The van der Waals surface area contributed by atoms with E-state index in [4.69, 9.17) is 22.1 Å². The van der Waals surface area contributed by atoms with Gasteiger partial charge in [0.2, 0.25) is 5.95 Å². The SMILES string of the molecule is COc1ccc(N2CCN(C)CC2)cc1Nc1ncc(Cl)c(N)n1. The van der Waals surface area contributed by atoms with Gasteiger partial charge in [-0.3, -0.25) is 0 Å². The summed E-state index contributed by atoms with van der Waals surface area (Å²) in [6.45, 7) is 4.08. The summed E-state index contributed by atoms with van der Waals surface area (Å²) in [6, 6.07) is 6.04. The Morgan fingerprint density at radius 3 is 2.67 bits per heavy atom. The molecule has 128 valence electrons. The molecular weight excluding hydrogens is 328 g/mol. The minimum atomic E-state index is 0.239. The number of nitrogen functional groups attached to an aromatic ring is 1. The van der Waals surface area contributed by atoms with Crippen molar-refractivity contribution in [2.45, 2.75) is 0 Å². The van der Waals surface area contributed by atoms with Crippen LogP contribution in [0.25, 0.3) is 0 Å². The Hall–Kier alpha value is -2.25. The van der Waals surface area contributed by atoms with Crippen LogP contribution < -0.4 is 20.7 Å². The predicted molar refractivity (Wildman–Crippen MR) is 97.4 cm³/mol. The second-order valence-electron chi connectivity index (χ2n) is 5.73. The maximum atomic E-state index is 5.87. The maximum absolute atomic E-state index is 5.87. The Balaban J connectivity index is 1.85. The molecule has 3 N–H and O–H groups in total. The van der Waals surface area contributed by atoms with E-state index in [1.165, 1.54) is 6.20 Å². The van der Waals surface area contributed by atoms with Gasteiger partial charge in [-0.25, -0.2) is 4.98 Å². The first kappa shape index (κ1) is 16.6. The molecule has 2 aromatic rings. The number of piperazine rings is 1. The summed E-state index contributed by atoms with van der Waals surface area (Å²) in [5.41, 5.74) is 7.66. The van der Waals surface area contributed by atoms with E-state index in [-0.39, 0.29) is 5.82 Å². The van der Waals surface area contributed by atoms with Crippen LogP contribution in [0.3, 0.4) is 0 Å². The first-order valence-corrected chi connectivity index (χ1v) is 8.11. The normalized spacial score (nSPS) is 15.4. The Labute approximate surface area is 146 Å². The molecule has 0 saturated carbocycles. The van der Waals surface area contributed by atoms with Crippen molar-refractivity contribution in [2.24, 2.45) is 0 Å². The molecule has 7 nitrogen and oxygen atoms in total. The molecule has 1 aromatic carbocycles. The molecule has 1 fully saturated rings. The molecule has 1 aliphatic heterocycles. The Kier molecular flexibility index (Phi) is 4.92. The molecule has 0 spiro atoms. The molecule has 0 amide bonds. The van der Waals surface area contributed by atoms with E-state index in [0.29, 0.717) is 16.7 Å². The van der Waals surface area contributed by atoms with E-state index in [9.17, 15) is 0 Å². The van der Waals surface area contributed by atoms with E-state index in [0.717, 1.165) is 37.6 Å². The highest BCUT2D eigenvalue weighted by molar-refractivity contribution is 6.32. The summed E-state index contributed by atoms with van der Waals surface area (Å²) in [7, 11) is 3.77. The molecule has 0 bridgehead atoms. The second-order valence-corrected chi connectivity index (χ2v) is 6.13. The van der Waals surface area contributed by atoms with E-state index in [2.05, 4.69) is 38.2 Å². The van der Waals surface area contributed by atoms with Gasteiger partial charge in [-0.05, 0) is 25.2 Å². The molecule has 1 saturated heterocycles. The van der Waals surface area contributed by atoms with Crippen molar-refractivity contribution in [1.29, 1.82) is 0 Å². The second kappa shape index (κ2) is 7.11. The van der Waals surface area contributed by atoms with Crippen LogP contribution in [-0.4, -0.2) is 55.2 Å². The number of aromatic nitrogens is 2. The van der Waals surface area contributed by atoms with Gasteiger partial charge in [-0.2, -0.15) is 4.98 Å². The molecule has 0 unspecified atom stereocenters. The van der Waals surface area contributed by atoms with Gasteiger partial charge in [0.05, 0.1) is 19.0 Å². The summed E-state index contributed by atoms with van der Waals surface area (Å²) >= 11 is 5.87. The van der Waals surface area contributed by atoms with Crippen molar-refractivity contribution in [3.8, 4) is 5.75 Å². The van der Waals surface area contributed by atoms with Gasteiger partial charge in [-0.1, -0.05) is 11.6 Å². The molecular formula is C16H21ClN6O. The molecule has 1 aromatic heterocycles. The fourth-order valence-corrected chi connectivity index (χ4v) is 2.71. The molecule has 0 atom stereocenters. The summed E-state index contributed by atoms with van der Waals surface area (Å²) in [5.74, 6) is 1.33. The van der Waals surface area contributed by atoms with E-state index in [1.807, 2.05) is 12.1 Å². The standard InChI is InChI=1S/C16H21ClN6O/c1-22-5-7-23(8-6-22)11-3-4-14(24-2)13(9-11)20-16-19-10-12(17)15(18)21-16/h3-4,9-10H,5-8H2,1-2H3,(H3,18,19,20,21). The van der Waals surface area contributed by atoms with Crippen molar-refractivity contribution in [2.75, 3.05) is 56.3 Å². The third-order valence-electron chi connectivity index (χ3n) is 4.07. The first-order chi connectivity index (χ1) is 11.6. The number of hydrogen-bond acceptors (Lipinski definition) is 7. The summed E-state index contributed by atoms with van der Waals surface area (Å²) < 4.78 is 5.43. The fourth-order valence-electron chi connectivity index (χ4n) is 2.62. The van der Waals surface area contributed by atoms with Crippen LogP contribution in [0.1, 0.15) is 0 Å². The zero-order chi connectivity index (χ0) is 17.1. The lowest BCUT2D eigenvalue weighted by Gasteiger charge is -2.34. The molecule has 3 rings (SSSR count). The lowest BCUT2D eigenvalue weighted by Crippen LogP contribution is -2.44. The van der Waals surface area contributed by atoms with E-state index < -0.39 is 0 Å². The average molecular weight is 349 g/mol. The number of rotatable bonds is 4. The molecule has 2 heterocycles. The van der Waals surface area contributed by atoms with E-state index in [1.54, 1.807) is 7.11 Å². The molecule has 8 heteroatoms. The predicted octanol–water partition coefficient (Wildman–Crippen LogP) is 2.22. The fraction of sp³-hybridized carbons (Fsp3) is 0.375. The Bertz CT molecular complexity index is 718. The lowest BCUT2D eigenvalue weighted by molar-refractivity contribution is 0.313. The number of hydrogen-bond donors (Lipinski definition) is 2. The number of likely N-dealkylation sites (N-methyl/N-ethyl adjacent to an activating group) is 1. The Morgan fingerprint density at radius 1 is 1.25 bits per heavy atom. The van der Waals surface area contributed by atoms with Crippen molar-refractivity contribution in [3.05, 3.63) is 29.4 Å². The number of nitrogens with zero attached hydrogens (tertiary/aromatic N) is 4. The zero-order valence-electron chi connectivity index (χ0n) is 13.8. The van der Waals surface area contributed by atoms with Gasteiger partial charge < -0.3 is 25.6 Å². The van der Waals surface area contributed by atoms with Crippen molar-refractivity contribution in [3.63, 3.8) is 0 Å². The van der Waals surface area contributed by atoms with Gasteiger partial charge in [0, 0.05) is 31.9 Å². The quantitative estimate of drug-likeness (QED) is 0.876. The third kappa shape index (κ3) is 3.63. The highest BCUT2D eigenvalue weighted by Crippen LogP contribution is 2.32. The largest absolute Gasteiger partial charge is 0.495 e. The highest BCUT2D eigenvalue weighted by atomic mass is 35.5. The summed E-state index contributed by atoms with van der Waals surface area (Å²) in [6.07, 6.45) is 1.48. The number of nitrogens with one attached hydrogen (secondary N) is 1.